The van der Waals surface area contributed by atoms with E-state index in [-0.39, 0.29) is 26.1 Å². The third-order valence-corrected chi connectivity index (χ3v) is 2.29. The van der Waals surface area contributed by atoms with E-state index in [0.29, 0.717) is 12.8 Å². The van der Waals surface area contributed by atoms with Crippen molar-refractivity contribution in [2.75, 3.05) is 19.7 Å². The van der Waals surface area contributed by atoms with Crippen LogP contribution in [0.4, 0.5) is 0 Å². The Balaban J connectivity index is 4.43. The highest BCUT2D eigenvalue weighted by atomic mass is 16.4. The summed E-state index contributed by atoms with van der Waals surface area (Å²) in [6.07, 6.45) is 1.04. The molecule has 0 bridgehead atoms. The molecule has 3 N–H and O–H groups in total. The minimum atomic E-state index is -0.972. The standard InChI is InChI=1S/C10H19NO5/c1-2-3-8(10(15)16)11(6-7-12)5-4-9(13)14/h8,12H,2-7H2,1H3,(H,13,14)(H,15,16). The van der Waals surface area contributed by atoms with Crippen LogP contribution in [-0.4, -0.2) is 57.9 Å². The Morgan fingerprint density at radius 3 is 2.25 bits per heavy atom. The molecular weight excluding hydrogens is 214 g/mol. The van der Waals surface area contributed by atoms with Crippen molar-refractivity contribution in [3.05, 3.63) is 0 Å². The van der Waals surface area contributed by atoms with Crippen LogP contribution in [0, 0.1) is 0 Å². The molecule has 0 aliphatic heterocycles. The third kappa shape index (κ3) is 5.67. The second-order valence-electron chi connectivity index (χ2n) is 3.55. The van der Waals surface area contributed by atoms with E-state index in [9.17, 15) is 9.59 Å². The number of carboxylic acid groups (broad SMARTS) is 2. The van der Waals surface area contributed by atoms with Crippen molar-refractivity contribution < 1.29 is 24.9 Å². The lowest BCUT2D eigenvalue weighted by Crippen LogP contribution is -2.43. The number of aliphatic carboxylic acids is 2. The van der Waals surface area contributed by atoms with E-state index in [1.54, 1.807) is 0 Å². The number of carbonyl (C=O) groups is 2. The molecule has 1 unspecified atom stereocenters. The van der Waals surface area contributed by atoms with E-state index in [1.807, 2.05) is 6.92 Å². The van der Waals surface area contributed by atoms with Gasteiger partial charge in [-0.15, -0.1) is 0 Å². The fourth-order valence-electron chi connectivity index (χ4n) is 1.53. The summed E-state index contributed by atoms with van der Waals surface area (Å²) >= 11 is 0. The van der Waals surface area contributed by atoms with Gasteiger partial charge < -0.3 is 15.3 Å². The first-order valence-corrected chi connectivity index (χ1v) is 5.32. The van der Waals surface area contributed by atoms with Crippen LogP contribution in [0.3, 0.4) is 0 Å². The Hall–Kier alpha value is -1.14. The molecule has 0 fully saturated rings. The van der Waals surface area contributed by atoms with Crippen LogP contribution < -0.4 is 0 Å². The van der Waals surface area contributed by atoms with Crippen LogP contribution in [0.2, 0.25) is 0 Å². The lowest BCUT2D eigenvalue weighted by atomic mass is 10.1. The third-order valence-electron chi connectivity index (χ3n) is 2.29. The summed E-state index contributed by atoms with van der Waals surface area (Å²) in [4.78, 5) is 22.9. The van der Waals surface area contributed by atoms with Gasteiger partial charge in [0.05, 0.1) is 13.0 Å². The van der Waals surface area contributed by atoms with E-state index in [0.717, 1.165) is 0 Å². The first-order chi connectivity index (χ1) is 7.52. The van der Waals surface area contributed by atoms with Gasteiger partial charge in [0, 0.05) is 13.1 Å². The predicted molar refractivity (Wildman–Crippen MR) is 57.2 cm³/mol. The lowest BCUT2D eigenvalue weighted by molar-refractivity contribution is -0.145. The van der Waals surface area contributed by atoms with Gasteiger partial charge in [0.25, 0.3) is 0 Å². The average Bonchev–Trinajstić information content (AvgIpc) is 2.20. The van der Waals surface area contributed by atoms with Crippen molar-refractivity contribution in [3.63, 3.8) is 0 Å². The van der Waals surface area contributed by atoms with Gasteiger partial charge in [0.1, 0.15) is 6.04 Å². The van der Waals surface area contributed by atoms with Gasteiger partial charge in [-0.3, -0.25) is 14.5 Å². The van der Waals surface area contributed by atoms with Crippen molar-refractivity contribution in [2.45, 2.75) is 32.2 Å². The van der Waals surface area contributed by atoms with Crippen LogP contribution >= 0.6 is 0 Å². The second-order valence-corrected chi connectivity index (χ2v) is 3.55. The number of nitrogens with zero attached hydrogens (tertiary/aromatic N) is 1. The lowest BCUT2D eigenvalue weighted by Gasteiger charge is -2.27. The smallest absolute Gasteiger partial charge is 0.320 e. The molecule has 6 nitrogen and oxygen atoms in total. The van der Waals surface area contributed by atoms with Gasteiger partial charge in [-0.2, -0.15) is 0 Å². The Morgan fingerprint density at radius 1 is 1.25 bits per heavy atom. The summed E-state index contributed by atoms with van der Waals surface area (Å²) in [5.74, 6) is -1.94. The zero-order valence-electron chi connectivity index (χ0n) is 9.43. The molecule has 0 aliphatic carbocycles. The minimum absolute atomic E-state index is 0.118. The maximum atomic E-state index is 11.0. The molecule has 0 radical (unpaired) electrons. The zero-order valence-corrected chi connectivity index (χ0v) is 9.43. The summed E-state index contributed by atoms with van der Waals surface area (Å²) in [6.45, 7) is 2.02. The van der Waals surface area contributed by atoms with E-state index >= 15 is 0 Å². The molecule has 0 rings (SSSR count). The highest BCUT2D eigenvalue weighted by Gasteiger charge is 2.24. The minimum Gasteiger partial charge on any atom is -0.481 e. The molecule has 0 aliphatic rings. The first kappa shape index (κ1) is 14.9. The SMILES string of the molecule is CCCC(C(=O)O)N(CCO)CCC(=O)O. The zero-order chi connectivity index (χ0) is 12.6. The molecule has 0 amide bonds. The molecule has 0 saturated carbocycles. The molecule has 0 aromatic carbocycles. The summed E-state index contributed by atoms with van der Waals surface area (Å²) in [5, 5.41) is 26.4. The predicted octanol–water partition coefficient (Wildman–Crippen LogP) is 0.00870. The van der Waals surface area contributed by atoms with Gasteiger partial charge in [-0.25, -0.2) is 0 Å². The fraction of sp³-hybridized carbons (Fsp3) is 0.800. The summed E-state index contributed by atoms with van der Waals surface area (Å²) < 4.78 is 0. The van der Waals surface area contributed by atoms with Crippen molar-refractivity contribution in [3.8, 4) is 0 Å². The van der Waals surface area contributed by atoms with Gasteiger partial charge in [0.2, 0.25) is 0 Å². The largest absolute Gasteiger partial charge is 0.481 e. The first-order valence-electron chi connectivity index (χ1n) is 5.32. The highest BCUT2D eigenvalue weighted by molar-refractivity contribution is 5.73. The molecular formula is C10H19NO5. The average molecular weight is 233 g/mol. The van der Waals surface area contributed by atoms with E-state index in [4.69, 9.17) is 15.3 Å². The highest BCUT2D eigenvalue weighted by Crippen LogP contribution is 2.08. The Labute approximate surface area is 94.5 Å². The Morgan fingerprint density at radius 2 is 1.88 bits per heavy atom. The van der Waals surface area contributed by atoms with Gasteiger partial charge in [0.15, 0.2) is 0 Å². The normalized spacial score (nSPS) is 12.7. The molecule has 94 valence electrons. The van der Waals surface area contributed by atoms with E-state index in [1.165, 1.54) is 4.90 Å². The molecule has 0 aromatic heterocycles. The van der Waals surface area contributed by atoms with Crippen LogP contribution in [0.15, 0.2) is 0 Å². The number of aliphatic hydroxyl groups is 1. The molecule has 0 aromatic rings. The topological polar surface area (TPSA) is 98.1 Å². The summed E-state index contributed by atoms with van der Waals surface area (Å²) in [7, 11) is 0. The number of carboxylic acids is 2. The van der Waals surface area contributed by atoms with Gasteiger partial charge >= 0.3 is 11.9 Å². The number of aliphatic hydroxyl groups excluding tert-OH is 1. The fourth-order valence-corrected chi connectivity index (χ4v) is 1.53. The van der Waals surface area contributed by atoms with Crippen LogP contribution in [0.25, 0.3) is 0 Å². The Bertz CT molecular complexity index is 231. The summed E-state index contributed by atoms with van der Waals surface area (Å²) in [6, 6.07) is -0.712. The molecule has 1 atom stereocenters. The summed E-state index contributed by atoms with van der Waals surface area (Å²) in [5.41, 5.74) is 0. The quantitative estimate of drug-likeness (QED) is 0.519. The molecule has 0 heterocycles. The monoisotopic (exact) mass is 233 g/mol. The van der Waals surface area contributed by atoms with Gasteiger partial charge in [-0.05, 0) is 6.42 Å². The van der Waals surface area contributed by atoms with E-state index < -0.39 is 18.0 Å². The Kier molecular flexibility index (Phi) is 7.49. The van der Waals surface area contributed by atoms with Crippen LogP contribution in [0.1, 0.15) is 26.2 Å². The van der Waals surface area contributed by atoms with Gasteiger partial charge in [-0.1, -0.05) is 13.3 Å². The van der Waals surface area contributed by atoms with E-state index in [2.05, 4.69) is 0 Å². The van der Waals surface area contributed by atoms with Crippen molar-refractivity contribution in [2.24, 2.45) is 0 Å². The molecule has 0 saturated heterocycles. The second kappa shape index (κ2) is 8.06. The van der Waals surface area contributed by atoms with Crippen molar-refractivity contribution in [1.82, 2.24) is 4.90 Å². The molecule has 6 heteroatoms. The number of hydrogen-bond donors (Lipinski definition) is 3. The number of rotatable bonds is 9. The molecule has 0 spiro atoms. The van der Waals surface area contributed by atoms with Crippen LogP contribution in [-0.2, 0) is 9.59 Å². The number of hydrogen-bond acceptors (Lipinski definition) is 4. The van der Waals surface area contributed by atoms with Crippen LogP contribution in [0.5, 0.6) is 0 Å². The van der Waals surface area contributed by atoms with Crippen molar-refractivity contribution >= 4 is 11.9 Å². The molecule has 16 heavy (non-hydrogen) atoms. The maximum absolute atomic E-state index is 11.0. The maximum Gasteiger partial charge on any atom is 0.320 e. The van der Waals surface area contributed by atoms with Crippen molar-refractivity contribution in [1.29, 1.82) is 0 Å².